The van der Waals surface area contributed by atoms with Gasteiger partial charge < -0.3 is 9.84 Å². The van der Waals surface area contributed by atoms with Gasteiger partial charge in [-0.2, -0.15) is 8.75 Å². The first kappa shape index (κ1) is 10.6. The third-order valence-corrected chi connectivity index (χ3v) is 2.58. The Labute approximate surface area is 95.6 Å². The van der Waals surface area contributed by atoms with Crippen molar-refractivity contribution < 1.29 is 14.6 Å². The van der Waals surface area contributed by atoms with E-state index in [2.05, 4.69) is 8.75 Å². The van der Waals surface area contributed by atoms with Gasteiger partial charge in [-0.3, -0.25) is 0 Å². The van der Waals surface area contributed by atoms with E-state index in [0.717, 1.165) is 11.7 Å². The average Bonchev–Trinajstić information content (AvgIpc) is 2.77. The normalized spacial score (nSPS) is 10.1. The third-order valence-electron chi connectivity index (χ3n) is 2.05. The third kappa shape index (κ3) is 1.74. The van der Waals surface area contributed by atoms with Crippen LogP contribution in [0.3, 0.4) is 0 Å². The summed E-state index contributed by atoms with van der Waals surface area (Å²) in [5.74, 6) is -0.507. The molecule has 1 aromatic carbocycles. The number of carboxylic acids is 1. The van der Waals surface area contributed by atoms with E-state index in [-0.39, 0.29) is 5.69 Å². The number of nitrogens with zero attached hydrogens (tertiary/aromatic N) is 2. The molecule has 0 spiro atoms. The van der Waals surface area contributed by atoms with Crippen molar-refractivity contribution in [1.82, 2.24) is 8.75 Å². The average molecular weight is 236 g/mol. The molecule has 0 unspecified atom stereocenters. The molecule has 1 heterocycles. The monoisotopic (exact) mass is 236 g/mol. The minimum absolute atomic E-state index is 0.0468. The lowest BCUT2D eigenvalue weighted by atomic mass is 10.1. The minimum atomic E-state index is -1.09. The first-order valence-electron chi connectivity index (χ1n) is 4.43. The number of hydrogen-bond acceptors (Lipinski definition) is 5. The number of aromatic nitrogens is 2. The molecule has 0 amide bonds. The number of ether oxygens (including phenoxy) is 1. The molecule has 82 valence electrons. The first-order chi connectivity index (χ1) is 7.74. The maximum absolute atomic E-state index is 10.9. The molecule has 0 aliphatic heterocycles. The highest BCUT2D eigenvalue weighted by Crippen LogP contribution is 2.30. The Hall–Kier alpha value is -1.95. The van der Waals surface area contributed by atoms with Gasteiger partial charge in [0.1, 0.15) is 11.4 Å². The molecule has 0 aliphatic carbocycles. The van der Waals surface area contributed by atoms with Gasteiger partial charge in [0.2, 0.25) is 0 Å². The Morgan fingerprint density at radius 1 is 1.38 bits per heavy atom. The highest BCUT2D eigenvalue weighted by atomic mass is 32.1. The van der Waals surface area contributed by atoms with E-state index in [1.54, 1.807) is 18.2 Å². The molecular weight excluding hydrogens is 228 g/mol. The number of carboxylic acid groups (broad SMARTS) is 1. The molecule has 0 bridgehead atoms. The summed E-state index contributed by atoms with van der Waals surface area (Å²) < 4.78 is 12.9. The van der Waals surface area contributed by atoms with Crippen LogP contribution in [-0.4, -0.2) is 26.9 Å². The molecule has 0 atom stereocenters. The number of methoxy groups -OCH3 is 1. The van der Waals surface area contributed by atoms with Crippen LogP contribution in [0.15, 0.2) is 24.3 Å². The Morgan fingerprint density at radius 2 is 2.12 bits per heavy atom. The second-order valence-electron chi connectivity index (χ2n) is 2.97. The summed E-state index contributed by atoms with van der Waals surface area (Å²) in [4.78, 5) is 10.9. The largest absolute Gasteiger partial charge is 0.496 e. The number of rotatable bonds is 3. The van der Waals surface area contributed by atoms with Crippen molar-refractivity contribution in [2.45, 2.75) is 0 Å². The highest BCUT2D eigenvalue weighted by Gasteiger charge is 2.19. The van der Waals surface area contributed by atoms with Gasteiger partial charge in [-0.1, -0.05) is 12.1 Å². The van der Waals surface area contributed by atoms with Gasteiger partial charge >= 0.3 is 5.97 Å². The molecule has 1 N–H and O–H groups in total. The van der Waals surface area contributed by atoms with Crippen molar-refractivity contribution in [3.8, 4) is 17.0 Å². The summed E-state index contributed by atoms with van der Waals surface area (Å²) in [6.45, 7) is 0. The molecule has 6 heteroatoms. The van der Waals surface area contributed by atoms with E-state index in [4.69, 9.17) is 9.84 Å². The van der Waals surface area contributed by atoms with Crippen molar-refractivity contribution >= 4 is 17.7 Å². The molecule has 2 aromatic rings. The Balaban J connectivity index is 2.58. The zero-order valence-corrected chi connectivity index (χ0v) is 9.19. The molecule has 5 nitrogen and oxygen atoms in total. The lowest BCUT2D eigenvalue weighted by molar-refractivity contribution is 0.0692. The number of para-hydroxylation sites is 1. The van der Waals surface area contributed by atoms with E-state index in [1.165, 1.54) is 7.11 Å². The fourth-order valence-corrected chi connectivity index (χ4v) is 1.90. The highest BCUT2D eigenvalue weighted by molar-refractivity contribution is 6.99. The topological polar surface area (TPSA) is 72.3 Å². The van der Waals surface area contributed by atoms with Crippen LogP contribution in [0.4, 0.5) is 0 Å². The number of carbonyl (C=O) groups is 1. The van der Waals surface area contributed by atoms with Crippen molar-refractivity contribution in [2.24, 2.45) is 0 Å². The Morgan fingerprint density at radius 3 is 2.81 bits per heavy atom. The number of benzene rings is 1. The minimum Gasteiger partial charge on any atom is -0.496 e. The van der Waals surface area contributed by atoms with Crippen LogP contribution >= 0.6 is 11.7 Å². The van der Waals surface area contributed by atoms with Gasteiger partial charge in [0, 0.05) is 5.56 Å². The maximum Gasteiger partial charge on any atom is 0.357 e. The molecule has 0 saturated heterocycles. The van der Waals surface area contributed by atoms with Crippen molar-refractivity contribution in [3.05, 3.63) is 30.0 Å². The van der Waals surface area contributed by atoms with Crippen LogP contribution in [0, 0.1) is 0 Å². The zero-order chi connectivity index (χ0) is 11.5. The predicted octanol–water partition coefficient (Wildman–Crippen LogP) is 1.91. The van der Waals surface area contributed by atoms with E-state index < -0.39 is 5.97 Å². The van der Waals surface area contributed by atoms with Crippen LogP contribution in [0.25, 0.3) is 11.3 Å². The molecule has 0 fully saturated rings. The molecule has 16 heavy (non-hydrogen) atoms. The Kier molecular flexibility index (Phi) is 2.82. The van der Waals surface area contributed by atoms with Crippen LogP contribution < -0.4 is 4.74 Å². The molecule has 0 aliphatic rings. The van der Waals surface area contributed by atoms with Gasteiger partial charge in [-0.25, -0.2) is 4.79 Å². The van der Waals surface area contributed by atoms with E-state index in [9.17, 15) is 4.79 Å². The summed E-state index contributed by atoms with van der Waals surface area (Å²) in [7, 11) is 1.53. The zero-order valence-electron chi connectivity index (χ0n) is 8.38. The Bertz CT molecular complexity index is 524. The quantitative estimate of drug-likeness (QED) is 0.881. The smallest absolute Gasteiger partial charge is 0.357 e. The van der Waals surface area contributed by atoms with Crippen LogP contribution in [-0.2, 0) is 0 Å². The standard InChI is InChI=1S/C10H8N2O3S/c1-15-7-5-3-2-4-6(7)8-9(10(13)14)12-16-11-8/h2-5H,1H3,(H,13,14). The number of hydrogen-bond donors (Lipinski definition) is 1. The fourth-order valence-electron chi connectivity index (χ4n) is 1.35. The molecule has 2 rings (SSSR count). The van der Waals surface area contributed by atoms with Gasteiger partial charge in [-0.15, -0.1) is 0 Å². The van der Waals surface area contributed by atoms with Crippen molar-refractivity contribution in [1.29, 1.82) is 0 Å². The molecule has 0 saturated carbocycles. The van der Waals surface area contributed by atoms with Crippen LogP contribution in [0.1, 0.15) is 10.5 Å². The van der Waals surface area contributed by atoms with E-state index in [1.807, 2.05) is 6.07 Å². The summed E-state index contributed by atoms with van der Waals surface area (Å²) in [5.41, 5.74) is 0.931. The fraction of sp³-hybridized carbons (Fsp3) is 0.100. The van der Waals surface area contributed by atoms with Crippen molar-refractivity contribution in [2.75, 3.05) is 7.11 Å². The van der Waals surface area contributed by atoms with E-state index in [0.29, 0.717) is 17.0 Å². The second kappa shape index (κ2) is 4.28. The van der Waals surface area contributed by atoms with Crippen LogP contribution in [0.5, 0.6) is 5.75 Å². The summed E-state index contributed by atoms with van der Waals surface area (Å²) in [6.07, 6.45) is 0. The maximum atomic E-state index is 10.9. The SMILES string of the molecule is COc1ccccc1-c1nsnc1C(=O)O. The van der Waals surface area contributed by atoms with Gasteiger partial charge in [0.15, 0.2) is 5.69 Å². The lowest BCUT2D eigenvalue weighted by Crippen LogP contribution is -1.99. The second-order valence-corrected chi connectivity index (χ2v) is 3.50. The predicted molar refractivity (Wildman–Crippen MR) is 58.9 cm³/mol. The van der Waals surface area contributed by atoms with Gasteiger partial charge in [0.05, 0.1) is 18.8 Å². The molecule has 1 aromatic heterocycles. The molecule has 0 radical (unpaired) electrons. The summed E-state index contributed by atoms with van der Waals surface area (Å²) in [6, 6.07) is 7.10. The van der Waals surface area contributed by atoms with Gasteiger partial charge in [-0.05, 0) is 12.1 Å². The lowest BCUT2D eigenvalue weighted by Gasteiger charge is -2.05. The summed E-state index contributed by atoms with van der Waals surface area (Å²) >= 11 is 0.872. The van der Waals surface area contributed by atoms with Gasteiger partial charge in [0.25, 0.3) is 0 Å². The molecular formula is C10H8N2O3S. The van der Waals surface area contributed by atoms with E-state index >= 15 is 0 Å². The number of aromatic carboxylic acids is 1. The summed E-state index contributed by atoms with van der Waals surface area (Å²) in [5, 5.41) is 8.94. The van der Waals surface area contributed by atoms with Crippen LogP contribution in [0.2, 0.25) is 0 Å². The van der Waals surface area contributed by atoms with Crippen molar-refractivity contribution in [3.63, 3.8) is 0 Å². The first-order valence-corrected chi connectivity index (χ1v) is 5.16.